The minimum atomic E-state index is -0.892. The quantitative estimate of drug-likeness (QED) is 0.266. The van der Waals surface area contributed by atoms with Crippen molar-refractivity contribution in [1.29, 1.82) is 0 Å². The van der Waals surface area contributed by atoms with Crippen LogP contribution in [-0.4, -0.2) is 50.7 Å². The summed E-state index contributed by atoms with van der Waals surface area (Å²) in [5.41, 5.74) is -0.689. The number of rotatable bonds is 1. The number of fused-ring (bicyclic) bond motifs is 3. The maximum Gasteiger partial charge on any atom is 0.408 e. The molecular formula is C19H20BrClFIN4O2. The van der Waals surface area contributed by atoms with Crippen LogP contribution in [0.4, 0.5) is 15.0 Å². The third-order valence-electron chi connectivity index (χ3n) is 6.28. The van der Waals surface area contributed by atoms with E-state index in [1.54, 1.807) is 4.90 Å². The molecule has 0 radical (unpaired) electrons. The van der Waals surface area contributed by atoms with Crippen LogP contribution < -0.4 is 4.90 Å². The fraction of sp³-hybridized carbons (Fsp3) is 0.526. The first kappa shape index (κ1) is 21.3. The number of anilines is 1. The summed E-state index contributed by atoms with van der Waals surface area (Å²) in [4.78, 5) is 24.4. The number of hydrogen-bond acceptors (Lipinski definition) is 4. The van der Waals surface area contributed by atoms with Crippen LogP contribution in [0.15, 0.2) is 10.5 Å². The van der Waals surface area contributed by atoms with Gasteiger partial charge in [0.15, 0.2) is 5.82 Å². The predicted octanol–water partition coefficient (Wildman–Crippen LogP) is 5.54. The number of halogens is 4. The first-order chi connectivity index (χ1) is 13.5. The Morgan fingerprint density at radius 3 is 2.76 bits per heavy atom. The Morgan fingerprint density at radius 2 is 2.14 bits per heavy atom. The van der Waals surface area contributed by atoms with Crippen molar-refractivity contribution in [2.75, 3.05) is 18.0 Å². The lowest BCUT2D eigenvalue weighted by Crippen LogP contribution is -2.68. The molecule has 156 valence electrons. The number of amides is 1. The molecule has 2 aromatic rings. The van der Waals surface area contributed by atoms with Gasteiger partial charge in [0.25, 0.3) is 0 Å². The zero-order valence-corrected chi connectivity index (χ0v) is 20.6. The second-order valence-corrected chi connectivity index (χ2v) is 11.0. The maximum absolute atomic E-state index is 14.9. The van der Waals surface area contributed by atoms with E-state index in [0.717, 1.165) is 12.8 Å². The van der Waals surface area contributed by atoms with Crippen LogP contribution in [0, 0.1) is 14.8 Å². The van der Waals surface area contributed by atoms with E-state index in [-0.39, 0.29) is 22.3 Å². The van der Waals surface area contributed by atoms with E-state index in [1.165, 1.54) is 0 Å². The summed E-state index contributed by atoms with van der Waals surface area (Å²) in [6, 6.07) is 1.69. The molecule has 2 aliphatic rings. The number of carboxylic acid groups (broad SMARTS) is 1. The second-order valence-electron chi connectivity index (χ2n) is 8.71. The van der Waals surface area contributed by atoms with Crippen LogP contribution in [0.3, 0.4) is 0 Å². The van der Waals surface area contributed by atoms with Gasteiger partial charge < -0.3 is 10.0 Å². The van der Waals surface area contributed by atoms with Gasteiger partial charge in [-0.25, -0.2) is 14.2 Å². The fourth-order valence-electron chi connectivity index (χ4n) is 4.81. The topological polar surface area (TPSA) is 69.6 Å². The minimum Gasteiger partial charge on any atom is -0.465 e. The molecule has 0 saturated carbocycles. The normalized spacial score (nSPS) is 24.4. The molecule has 2 atom stereocenters. The highest BCUT2D eigenvalue weighted by atomic mass is 127. The molecule has 2 saturated heterocycles. The van der Waals surface area contributed by atoms with Crippen LogP contribution in [0.25, 0.3) is 10.9 Å². The summed E-state index contributed by atoms with van der Waals surface area (Å²) in [5, 5.41) is 10.5. The average Bonchev–Trinajstić information content (AvgIpc) is 2.88. The molecule has 2 fully saturated rings. The van der Waals surface area contributed by atoms with Gasteiger partial charge in [0, 0.05) is 22.0 Å². The lowest BCUT2D eigenvalue weighted by atomic mass is 9.71. The Labute approximate surface area is 195 Å². The molecular weight excluding hydrogens is 577 g/mol. The van der Waals surface area contributed by atoms with Crippen LogP contribution in [0.5, 0.6) is 0 Å². The van der Waals surface area contributed by atoms with Crippen molar-refractivity contribution in [3.63, 3.8) is 0 Å². The fourth-order valence-corrected chi connectivity index (χ4v) is 5.83. The van der Waals surface area contributed by atoms with Crippen LogP contribution in [0.1, 0.15) is 33.6 Å². The van der Waals surface area contributed by atoms with E-state index < -0.39 is 17.4 Å². The van der Waals surface area contributed by atoms with E-state index in [4.69, 9.17) is 11.6 Å². The molecule has 6 nitrogen and oxygen atoms in total. The third kappa shape index (κ3) is 3.18. The molecule has 2 aliphatic heterocycles. The van der Waals surface area contributed by atoms with Crippen molar-refractivity contribution < 1.29 is 14.3 Å². The SMILES string of the molecule is CC(C)(C)C12CCC(CN(c3nc(Cl)nc4c(F)c(Br)c(I)cc34)C1)N2C(=O)O. The largest absolute Gasteiger partial charge is 0.465 e. The molecule has 2 bridgehead atoms. The highest BCUT2D eigenvalue weighted by Crippen LogP contribution is 2.50. The molecule has 1 amide bonds. The number of piperazine rings is 1. The minimum absolute atomic E-state index is 0.0303. The van der Waals surface area contributed by atoms with Gasteiger partial charge in [0.05, 0.1) is 16.1 Å². The van der Waals surface area contributed by atoms with Crippen molar-refractivity contribution >= 4 is 72.9 Å². The standard InChI is InChI=1S/C19H20BrClFIN4O2/c1-18(2,3)19-5-4-9(27(19)17(28)29)7-26(8-19)15-10-6-11(23)12(20)13(22)14(10)24-16(21)25-15/h6,9H,4-5,7-8H2,1-3H3,(H,28,29). The molecule has 10 heteroatoms. The molecule has 2 unspecified atom stereocenters. The van der Waals surface area contributed by atoms with Gasteiger partial charge in [-0.05, 0) is 74.4 Å². The molecule has 0 aliphatic carbocycles. The third-order valence-corrected chi connectivity index (χ3v) is 8.82. The zero-order chi connectivity index (χ0) is 21.3. The second kappa shape index (κ2) is 7.05. The number of nitrogens with zero attached hydrogens (tertiary/aromatic N) is 4. The summed E-state index contributed by atoms with van der Waals surface area (Å²) in [6.45, 7) is 7.16. The van der Waals surface area contributed by atoms with Gasteiger partial charge in [-0.3, -0.25) is 4.90 Å². The lowest BCUT2D eigenvalue weighted by Gasteiger charge is -2.54. The summed E-state index contributed by atoms with van der Waals surface area (Å²) < 4.78 is 15.9. The zero-order valence-electron chi connectivity index (χ0n) is 16.1. The van der Waals surface area contributed by atoms with Crippen molar-refractivity contribution in [3.05, 3.63) is 25.2 Å². The van der Waals surface area contributed by atoms with Gasteiger partial charge in [0.2, 0.25) is 5.28 Å². The van der Waals surface area contributed by atoms with Crippen molar-refractivity contribution in [2.45, 2.75) is 45.2 Å². The molecule has 1 aromatic carbocycles. The van der Waals surface area contributed by atoms with Gasteiger partial charge in [-0.15, -0.1) is 0 Å². The highest BCUT2D eigenvalue weighted by Gasteiger charge is 2.59. The highest BCUT2D eigenvalue weighted by molar-refractivity contribution is 14.1. The van der Waals surface area contributed by atoms with Crippen molar-refractivity contribution in [3.8, 4) is 0 Å². The maximum atomic E-state index is 14.9. The molecule has 1 aromatic heterocycles. The molecule has 1 N–H and O–H groups in total. The summed E-state index contributed by atoms with van der Waals surface area (Å²) in [6.07, 6.45) is 0.670. The number of hydrogen-bond donors (Lipinski definition) is 1. The predicted molar refractivity (Wildman–Crippen MR) is 122 cm³/mol. The van der Waals surface area contributed by atoms with E-state index in [9.17, 15) is 14.3 Å². The van der Waals surface area contributed by atoms with Gasteiger partial charge in [-0.2, -0.15) is 4.98 Å². The lowest BCUT2D eigenvalue weighted by molar-refractivity contribution is 0.00532. The van der Waals surface area contributed by atoms with E-state index in [1.807, 2.05) is 6.07 Å². The smallest absolute Gasteiger partial charge is 0.408 e. The Bertz CT molecular complexity index is 1030. The van der Waals surface area contributed by atoms with Gasteiger partial charge in [0.1, 0.15) is 11.3 Å². The summed E-state index contributed by atoms with van der Waals surface area (Å²) in [7, 11) is 0. The Morgan fingerprint density at radius 1 is 1.45 bits per heavy atom. The molecule has 4 rings (SSSR count). The molecule has 0 spiro atoms. The first-order valence-electron chi connectivity index (χ1n) is 9.24. The number of aromatic nitrogens is 2. The Balaban J connectivity index is 1.89. The van der Waals surface area contributed by atoms with Crippen molar-refractivity contribution in [2.24, 2.45) is 5.41 Å². The van der Waals surface area contributed by atoms with Crippen LogP contribution in [0.2, 0.25) is 5.28 Å². The van der Waals surface area contributed by atoms with Crippen LogP contribution >= 0.6 is 50.1 Å². The van der Waals surface area contributed by atoms with Crippen LogP contribution in [-0.2, 0) is 0 Å². The van der Waals surface area contributed by atoms with Crippen molar-refractivity contribution in [1.82, 2.24) is 14.9 Å². The summed E-state index contributed by atoms with van der Waals surface area (Å²) in [5.74, 6) is 0.0741. The molecule has 29 heavy (non-hydrogen) atoms. The Kier molecular flexibility index (Phi) is 5.18. The number of carbonyl (C=O) groups is 1. The monoisotopic (exact) mass is 596 g/mol. The average molecular weight is 598 g/mol. The van der Waals surface area contributed by atoms with E-state index in [2.05, 4.69) is 74.2 Å². The van der Waals surface area contributed by atoms with Gasteiger partial charge >= 0.3 is 6.09 Å². The van der Waals surface area contributed by atoms with E-state index >= 15 is 0 Å². The first-order valence-corrected chi connectivity index (χ1v) is 11.5. The summed E-state index contributed by atoms with van der Waals surface area (Å²) >= 11 is 11.5. The molecule has 3 heterocycles. The van der Waals surface area contributed by atoms with Gasteiger partial charge in [-0.1, -0.05) is 20.8 Å². The number of benzene rings is 1. The van der Waals surface area contributed by atoms with E-state index in [0.29, 0.717) is 32.3 Å². The Hall–Kier alpha value is -0.940.